The van der Waals surface area contributed by atoms with E-state index >= 15 is 0 Å². The molecule has 0 unspecified atom stereocenters. The Kier molecular flexibility index (Phi) is 7.94. The van der Waals surface area contributed by atoms with Gasteiger partial charge in [-0.1, -0.05) is 71.9 Å². The van der Waals surface area contributed by atoms with Crippen LogP contribution in [0.2, 0.25) is 5.02 Å². The average molecular weight is 592 g/mol. The number of H-pyrrole nitrogens is 1. The maximum absolute atomic E-state index is 12.5. The zero-order valence-electron chi connectivity index (χ0n) is 22.0. The van der Waals surface area contributed by atoms with E-state index in [2.05, 4.69) is 25.5 Å². The second-order valence-electron chi connectivity index (χ2n) is 9.22. The van der Waals surface area contributed by atoms with Gasteiger partial charge in [0.1, 0.15) is 5.82 Å². The summed E-state index contributed by atoms with van der Waals surface area (Å²) >= 11 is 7.21. The number of aromatic nitrogens is 4. The van der Waals surface area contributed by atoms with E-state index in [0.29, 0.717) is 22.2 Å². The number of carbonyl (C=O) groups excluding carboxylic acids is 2. The van der Waals surface area contributed by atoms with Gasteiger partial charge in [-0.25, -0.2) is 4.98 Å². The van der Waals surface area contributed by atoms with Crippen LogP contribution in [0.25, 0.3) is 40.0 Å². The molecule has 0 bridgehead atoms. The third-order valence-corrected chi connectivity index (χ3v) is 7.32. The Labute approximate surface area is 249 Å². The van der Waals surface area contributed by atoms with Gasteiger partial charge in [0.25, 0.3) is 5.22 Å². The van der Waals surface area contributed by atoms with Gasteiger partial charge in [0.15, 0.2) is 5.78 Å². The van der Waals surface area contributed by atoms with Gasteiger partial charge in [0.05, 0.1) is 16.8 Å². The first-order valence-corrected chi connectivity index (χ1v) is 14.3. The lowest BCUT2D eigenvalue weighted by Crippen LogP contribution is -2.14. The van der Waals surface area contributed by atoms with Crippen LogP contribution < -0.4 is 5.32 Å². The molecule has 0 aliphatic heterocycles. The Morgan fingerprint density at radius 3 is 2.45 bits per heavy atom. The normalized spacial score (nSPS) is 11.3. The van der Waals surface area contributed by atoms with Gasteiger partial charge < -0.3 is 14.7 Å². The monoisotopic (exact) mass is 591 g/mol. The SMILES string of the molecule is O=C(CSc1nnc(-c2ccc(-c3nc4ccc(Cl)cc4[nH]3)cc2)o1)Nc1ccc(C(=O)/C=C/c2ccccc2)cc1. The molecule has 206 valence electrons. The molecule has 0 aliphatic rings. The first-order valence-electron chi connectivity index (χ1n) is 12.9. The summed E-state index contributed by atoms with van der Waals surface area (Å²) in [7, 11) is 0. The van der Waals surface area contributed by atoms with Crippen molar-refractivity contribution in [2.24, 2.45) is 0 Å². The molecule has 6 rings (SSSR count). The quantitative estimate of drug-likeness (QED) is 0.101. The summed E-state index contributed by atoms with van der Waals surface area (Å²) in [6, 6.07) is 29.4. The van der Waals surface area contributed by atoms with Gasteiger partial charge in [-0.3, -0.25) is 9.59 Å². The highest BCUT2D eigenvalue weighted by Crippen LogP contribution is 2.27. The number of hydrogen-bond donors (Lipinski definition) is 2. The molecule has 0 fully saturated rings. The number of amides is 1. The zero-order chi connectivity index (χ0) is 28.9. The minimum absolute atomic E-state index is 0.0805. The van der Waals surface area contributed by atoms with Crippen LogP contribution in [0.3, 0.4) is 0 Å². The average Bonchev–Trinajstić information content (AvgIpc) is 3.67. The van der Waals surface area contributed by atoms with Crippen molar-refractivity contribution in [1.29, 1.82) is 0 Å². The first kappa shape index (κ1) is 27.2. The molecule has 6 aromatic rings. The summed E-state index contributed by atoms with van der Waals surface area (Å²) in [6.07, 6.45) is 3.30. The van der Waals surface area contributed by atoms with E-state index in [1.54, 1.807) is 36.4 Å². The van der Waals surface area contributed by atoms with Crippen LogP contribution in [0.5, 0.6) is 0 Å². The number of imidazole rings is 1. The van der Waals surface area contributed by atoms with Crippen molar-refractivity contribution in [1.82, 2.24) is 20.2 Å². The number of nitrogens with one attached hydrogen (secondary N) is 2. The topological polar surface area (TPSA) is 114 Å². The third kappa shape index (κ3) is 6.49. The molecule has 0 spiro atoms. The van der Waals surface area contributed by atoms with E-state index in [4.69, 9.17) is 16.0 Å². The molecule has 2 heterocycles. The Morgan fingerprint density at radius 1 is 0.905 bits per heavy atom. The van der Waals surface area contributed by atoms with E-state index in [1.165, 1.54) is 6.08 Å². The lowest BCUT2D eigenvalue weighted by atomic mass is 10.1. The number of aromatic amines is 1. The molecule has 0 saturated heterocycles. The summed E-state index contributed by atoms with van der Waals surface area (Å²) in [6.45, 7) is 0. The van der Waals surface area contributed by atoms with Crippen molar-refractivity contribution in [3.05, 3.63) is 119 Å². The van der Waals surface area contributed by atoms with Gasteiger partial charge >= 0.3 is 0 Å². The van der Waals surface area contributed by atoms with E-state index in [9.17, 15) is 9.59 Å². The lowest BCUT2D eigenvalue weighted by Gasteiger charge is -2.05. The summed E-state index contributed by atoms with van der Waals surface area (Å²) < 4.78 is 5.75. The largest absolute Gasteiger partial charge is 0.411 e. The molecule has 4 aromatic carbocycles. The second kappa shape index (κ2) is 12.3. The molecule has 2 aromatic heterocycles. The Bertz CT molecular complexity index is 1900. The Morgan fingerprint density at radius 2 is 1.67 bits per heavy atom. The molecule has 10 heteroatoms. The van der Waals surface area contributed by atoms with Crippen LogP contribution in [0.15, 0.2) is 113 Å². The second-order valence-corrected chi connectivity index (χ2v) is 10.6. The number of thioether (sulfide) groups is 1. The number of rotatable bonds is 9. The fourth-order valence-electron chi connectivity index (χ4n) is 4.15. The summed E-state index contributed by atoms with van der Waals surface area (Å²) in [5.74, 6) is 0.806. The minimum atomic E-state index is -0.237. The van der Waals surface area contributed by atoms with Crippen LogP contribution in [0.4, 0.5) is 5.69 Å². The molecule has 0 radical (unpaired) electrons. The number of hydrogen-bond acceptors (Lipinski definition) is 7. The number of ketones is 1. The number of allylic oxidation sites excluding steroid dienone is 1. The van der Waals surface area contributed by atoms with Crippen molar-refractivity contribution in [2.45, 2.75) is 5.22 Å². The Hall–Kier alpha value is -4.99. The number of anilines is 1. The summed E-state index contributed by atoms with van der Waals surface area (Å²) in [5, 5.41) is 11.9. The van der Waals surface area contributed by atoms with E-state index in [-0.39, 0.29) is 22.7 Å². The van der Waals surface area contributed by atoms with Crippen LogP contribution in [-0.2, 0) is 4.79 Å². The number of halogens is 1. The lowest BCUT2D eigenvalue weighted by molar-refractivity contribution is -0.113. The number of nitrogens with zero attached hydrogens (tertiary/aromatic N) is 3. The van der Waals surface area contributed by atoms with Crippen LogP contribution in [-0.4, -0.2) is 37.6 Å². The molecule has 8 nitrogen and oxygen atoms in total. The smallest absolute Gasteiger partial charge is 0.277 e. The van der Waals surface area contributed by atoms with Crippen LogP contribution in [0.1, 0.15) is 15.9 Å². The number of benzene rings is 4. The third-order valence-electron chi connectivity index (χ3n) is 6.26. The van der Waals surface area contributed by atoms with Gasteiger partial charge in [-0.2, -0.15) is 0 Å². The molecule has 0 aliphatic carbocycles. The van der Waals surface area contributed by atoms with E-state index in [0.717, 1.165) is 45.3 Å². The van der Waals surface area contributed by atoms with E-state index < -0.39 is 0 Å². The number of fused-ring (bicyclic) bond motifs is 1. The highest BCUT2D eigenvalue weighted by Gasteiger charge is 2.13. The zero-order valence-corrected chi connectivity index (χ0v) is 23.5. The molecule has 0 saturated carbocycles. The highest BCUT2D eigenvalue weighted by molar-refractivity contribution is 7.99. The van der Waals surface area contributed by atoms with Crippen molar-refractivity contribution < 1.29 is 14.0 Å². The first-order chi connectivity index (χ1) is 20.5. The van der Waals surface area contributed by atoms with Crippen LogP contribution >= 0.6 is 23.4 Å². The number of carbonyl (C=O) groups is 2. The summed E-state index contributed by atoms with van der Waals surface area (Å²) in [5.41, 5.74) is 5.41. The fourth-order valence-corrected chi connectivity index (χ4v) is 4.88. The summed E-state index contributed by atoms with van der Waals surface area (Å²) in [4.78, 5) is 32.8. The predicted molar refractivity (Wildman–Crippen MR) is 165 cm³/mol. The molecule has 2 N–H and O–H groups in total. The van der Waals surface area contributed by atoms with Gasteiger partial charge in [-0.05, 0) is 66.2 Å². The Balaban J connectivity index is 1.01. The van der Waals surface area contributed by atoms with Crippen molar-refractivity contribution in [3.63, 3.8) is 0 Å². The van der Waals surface area contributed by atoms with Crippen molar-refractivity contribution >= 4 is 57.9 Å². The highest BCUT2D eigenvalue weighted by atomic mass is 35.5. The van der Waals surface area contributed by atoms with Crippen LogP contribution in [0, 0.1) is 0 Å². The van der Waals surface area contributed by atoms with Crippen molar-refractivity contribution in [2.75, 3.05) is 11.1 Å². The van der Waals surface area contributed by atoms with Crippen molar-refractivity contribution in [3.8, 4) is 22.8 Å². The predicted octanol–water partition coefficient (Wildman–Crippen LogP) is 7.56. The van der Waals surface area contributed by atoms with Gasteiger partial charge in [0.2, 0.25) is 11.8 Å². The minimum Gasteiger partial charge on any atom is -0.411 e. The van der Waals surface area contributed by atoms with Gasteiger partial charge in [-0.15, -0.1) is 10.2 Å². The maximum Gasteiger partial charge on any atom is 0.277 e. The molecule has 1 amide bonds. The maximum atomic E-state index is 12.5. The van der Waals surface area contributed by atoms with Gasteiger partial charge in [0, 0.05) is 27.4 Å². The molecular weight excluding hydrogens is 570 g/mol. The molecule has 42 heavy (non-hydrogen) atoms. The standard InChI is InChI=1S/C32H22ClN5O3S/c33-24-13-16-26-27(18-24)36-30(35-26)22-7-9-23(10-8-22)31-37-38-32(41-31)42-19-29(40)34-25-14-11-21(12-15-25)28(39)17-6-20-4-2-1-3-5-20/h1-18H,19H2,(H,34,40)(H,35,36)/b17-6+. The fraction of sp³-hybridized carbons (Fsp3) is 0.0312. The van der Waals surface area contributed by atoms with E-state index in [1.807, 2.05) is 66.7 Å². The molecular formula is C32H22ClN5O3S. The molecule has 0 atom stereocenters.